The second-order valence-electron chi connectivity index (χ2n) is 9.34. The Balaban J connectivity index is 1.38. The molecule has 3 aliphatic rings. The van der Waals surface area contributed by atoms with Crippen LogP contribution in [-0.4, -0.2) is 13.2 Å². The Morgan fingerprint density at radius 1 is 0.720 bits per heavy atom. The van der Waals surface area contributed by atoms with Crippen LogP contribution in [-0.2, 0) is 4.74 Å². The van der Waals surface area contributed by atoms with Gasteiger partial charge in [-0.2, -0.15) is 0 Å². The predicted molar refractivity (Wildman–Crippen MR) is 108 cm³/mol. The Bertz CT molecular complexity index is 385. The van der Waals surface area contributed by atoms with Gasteiger partial charge in [0.05, 0.1) is 6.10 Å². The SMILES string of the molecule is CCCCCC1CCC(C2C=CC(C3CCC(OC)CC3)CC2)CC1. The molecule has 0 spiro atoms. The zero-order valence-electron chi connectivity index (χ0n) is 16.9. The molecule has 0 saturated heterocycles. The van der Waals surface area contributed by atoms with Crippen LogP contribution in [0.2, 0.25) is 0 Å². The van der Waals surface area contributed by atoms with Crippen LogP contribution >= 0.6 is 0 Å². The van der Waals surface area contributed by atoms with E-state index in [0.29, 0.717) is 6.10 Å². The van der Waals surface area contributed by atoms with Gasteiger partial charge in [0.25, 0.3) is 0 Å². The molecule has 2 atom stereocenters. The number of methoxy groups -OCH3 is 1. The molecule has 0 aliphatic heterocycles. The first kappa shape index (κ1) is 19.5. The lowest BCUT2D eigenvalue weighted by Gasteiger charge is -2.38. The van der Waals surface area contributed by atoms with Gasteiger partial charge in [0, 0.05) is 7.11 Å². The van der Waals surface area contributed by atoms with E-state index in [-0.39, 0.29) is 0 Å². The fourth-order valence-electron chi connectivity index (χ4n) is 5.99. The van der Waals surface area contributed by atoms with Crippen molar-refractivity contribution in [2.75, 3.05) is 7.11 Å². The molecule has 0 aromatic rings. The minimum absolute atomic E-state index is 0.545. The summed E-state index contributed by atoms with van der Waals surface area (Å²) in [6.45, 7) is 2.32. The first-order valence-corrected chi connectivity index (χ1v) is 11.5. The van der Waals surface area contributed by atoms with Gasteiger partial charge in [-0.15, -0.1) is 0 Å². The normalized spacial score (nSPS) is 39.4. The molecule has 3 aliphatic carbocycles. The van der Waals surface area contributed by atoms with Crippen molar-refractivity contribution in [1.82, 2.24) is 0 Å². The molecule has 2 saturated carbocycles. The first-order chi connectivity index (χ1) is 12.3. The van der Waals surface area contributed by atoms with Gasteiger partial charge in [-0.05, 0) is 81.0 Å². The van der Waals surface area contributed by atoms with Crippen LogP contribution in [0.5, 0.6) is 0 Å². The summed E-state index contributed by atoms with van der Waals surface area (Å²) >= 11 is 0. The highest BCUT2D eigenvalue weighted by Gasteiger charge is 2.31. The fraction of sp³-hybridized carbons (Fsp3) is 0.917. The summed E-state index contributed by atoms with van der Waals surface area (Å²) in [7, 11) is 1.88. The number of hydrogen-bond acceptors (Lipinski definition) is 1. The summed E-state index contributed by atoms with van der Waals surface area (Å²) in [4.78, 5) is 0. The zero-order valence-corrected chi connectivity index (χ0v) is 16.9. The highest BCUT2D eigenvalue weighted by Crippen LogP contribution is 2.43. The molecule has 2 unspecified atom stereocenters. The molecule has 0 radical (unpaired) electrons. The summed E-state index contributed by atoms with van der Waals surface area (Å²) < 4.78 is 5.54. The molecule has 0 heterocycles. The van der Waals surface area contributed by atoms with Crippen LogP contribution in [0.3, 0.4) is 0 Å². The van der Waals surface area contributed by atoms with E-state index in [4.69, 9.17) is 4.74 Å². The highest BCUT2D eigenvalue weighted by molar-refractivity contribution is 5.03. The Labute approximate surface area is 157 Å². The molecule has 2 fully saturated rings. The molecule has 3 rings (SSSR count). The van der Waals surface area contributed by atoms with E-state index in [1.54, 1.807) is 0 Å². The van der Waals surface area contributed by atoms with E-state index in [1.165, 1.54) is 89.9 Å². The largest absolute Gasteiger partial charge is 0.381 e. The third-order valence-corrected chi connectivity index (χ3v) is 7.81. The molecular weight excluding hydrogens is 304 g/mol. The van der Waals surface area contributed by atoms with Crippen LogP contribution in [0.25, 0.3) is 0 Å². The minimum Gasteiger partial charge on any atom is -0.381 e. The van der Waals surface area contributed by atoms with Gasteiger partial charge in [-0.3, -0.25) is 0 Å². The molecule has 1 heteroatoms. The Morgan fingerprint density at radius 2 is 1.28 bits per heavy atom. The number of rotatable bonds is 7. The summed E-state index contributed by atoms with van der Waals surface area (Å²) in [5.41, 5.74) is 0. The van der Waals surface area contributed by atoms with Gasteiger partial charge < -0.3 is 4.74 Å². The van der Waals surface area contributed by atoms with Crippen LogP contribution < -0.4 is 0 Å². The Kier molecular flexibility index (Phi) is 7.90. The third kappa shape index (κ3) is 5.59. The fourth-order valence-corrected chi connectivity index (χ4v) is 5.99. The smallest absolute Gasteiger partial charge is 0.0571 e. The Hall–Kier alpha value is -0.300. The lowest BCUT2D eigenvalue weighted by atomic mass is 9.68. The third-order valence-electron chi connectivity index (χ3n) is 7.81. The molecule has 0 amide bonds. The first-order valence-electron chi connectivity index (χ1n) is 11.5. The van der Waals surface area contributed by atoms with Gasteiger partial charge in [0.2, 0.25) is 0 Å². The van der Waals surface area contributed by atoms with Crippen molar-refractivity contribution in [1.29, 1.82) is 0 Å². The van der Waals surface area contributed by atoms with Crippen molar-refractivity contribution in [3.05, 3.63) is 12.2 Å². The monoisotopic (exact) mass is 346 g/mol. The molecule has 25 heavy (non-hydrogen) atoms. The lowest BCUT2D eigenvalue weighted by molar-refractivity contribution is 0.0481. The van der Waals surface area contributed by atoms with E-state index in [0.717, 1.165) is 29.6 Å². The molecular formula is C24H42O. The van der Waals surface area contributed by atoms with Crippen molar-refractivity contribution < 1.29 is 4.74 Å². The number of ether oxygens (including phenoxy) is 1. The van der Waals surface area contributed by atoms with Crippen LogP contribution in [0, 0.1) is 29.6 Å². The van der Waals surface area contributed by atoms with E-state index < -0.39 is 0 Å². The van der Waals surface area contributed by atoms with Gasteiger partial charge in [-0.25, -0.2) is 0 Å². The predicted octanol–water partition coefficient (Wildman–Crippen LogP) is 7.16. The van der Waals surface area contributed by atoms with Gasteiger partial charge in [-0.1, -0.05) is 57.6 Å². The lowest BCUT2D eigenvalue weighted by Crippen LogP contribution is -2.28. The number of hydrogen-bond donors (Lipinski definition) is 0. The summed E-state index contributed by atoms with van der Waals surface area (Å²) in [5, 5.41) is 0. The van der Waals surface area contributed by atoms with Crippen LogP contribution in [0.1, 0.15) is 96.8 Å². The topological polar surface area (TPSA) is 9.23 Å². The minimum atomic E-state index is 0.545. The molecule has 0 aromatic carbocycles. The van der Waals surface area contributed by atoms with Crippen LogP contribution in [0.15, 0.2) is 12.2 Å². The van der Waals surface area contributed by atoms with Crippen molar-refractivity contribution >= 4 is 0 Å². The van der Waals surface area contributed by atoms with Crippen molar-refractivity contribution in [2.45, 2.75) is 103 Å². The summed E-state index contributed by atoms with van der Waals surface area (Å²) in [6.07, 6.45) is 26.0. The van der Waals surface area contributed by atoms with Crippen molar-refractivity contribution in [2.24, 2.45) is 29.6 Å². The maximum atomic E-state index is 5.54. The van der Waals surface area contributed by atoms with Crippen LogP contribution in [0.4, 0.5) is 0 Å². The number of allylic oxidation sites excluding steroid dienone is 2. The molecule has 0 bridgehead atoms. The molecule has 144 valence electrons. The van der Waals surface area contributed by atoms with E-state index in [2.05, 4.69) is 19.1 Å². The van der Waals surface area contributed by atoms with Gasteiger partial charge >= 0.3 is 0 Å². The Morgan fingerprint density at radius 3 is 1.76 bits per heavy atom. The highest BCUT2D eigenvalue weighted by atomic mass is 16.5. The second-order valence-corrected chi connectivity index (χ2v) is 9.34. The molecule has 0 aromatic heterocycles. The van der Waals surface area contributed by atoms with Gasteiger partial charge in [0.1, 0.15) is 0 Å². The quantitative estimate of drug-likeness (QED) is 0.351. The average molecular weight is 347 g/mol. The van der Waals surface area contributed by atoms with Crippen molar-refractivity contribution in [3.63, 3.8) is 0 Å². The number of unbranched alkanes of at least 4 members (excludes halogenated alkanes) is 2. The summed E-state index contributed by atoms with van der Waals surface area (Å²) in [5.74, 6) is 4.78. The maximum Gasteiger partial charge on any atom is 0.0571 e. The van der Waals surface area contributed by atoms with Gasteiger partial charge in [0.15, 0.2) is 0 Å². The maximum absolute atomic E-state index is 5.54. The molecule has 1 nitrogen and oxygen atoms in total. The van der Waals surface area contributed by atoms with Crippen molar-refractivity contribution in [3.8, 4) is 0 Å². The van der Waals surface area contributed by atoms with E-state index >= 15 is 0 Å². The second kappa shape index (κ2) is 10.1. The molecule has 0 N–H and O–H groups in total. The summed E-state index contributed by atoms with van der Waals surface area (Å²) in [6, 6.07) is 0. The average Bonchev–Trinajstić information content (AvgIpc) is 2.69. The van der Waals surface area contributed by atoms with E-state index in [1.807, 2.05) is 7.11 Å². The van der Waals surface area contributed by atoms with E-state index in [9.17, 15) is 0 Å². The zero-order chi connectivity index (χ0) is 17.5. The standard InChI is InChI=1S/C24H42O/c1-3-4-5-6-19-7-9-20(10-8-19)21-11-13-22(14-12-21)23-15-17-24(25-2)18-16-23/h11,13,19-24H,3-10,12,14-18H2,1-2H3.